The Kier molecular flexibility index (Phi) is 7.44. The van der Waals surface area contributed by atoms with E-state index >= 15 is 0 Å². The fraction of sp³-hybridized carbons (Fsp3) is 0.128. The van der Waals surface area contributed by atoms with Crippen molar-refractivity contribution in [1.29, 1.82) is 5.26 Å². The molecule has 3 heteroatoms. The molecule has 0 bridgehead atoms. The molecule has 1 spiro atoms. The molecule has 0 unspecified atom stereocenters. The molecule has 1 saturated carbocycles. The molecular weight excluding hydrogens is 607 g/mol. The van der Waals surface area contributed by atoms with Crippen LogP contribution in [0.5, 0.6) is 0 Å². The molecule has 0 atom stereocenters. The van der Waals surface area contributed by atoms with Crippen molar-refractivity contribution in [2.24, 2.45) is 0 Å². The lowest BCUT2D eigenvalue weighted by molar-refractivity contribution is 0.353. The van der Waals surface area contributed by atoms with Crippen molar-refractivity contribution < 1.29 is 0 Å². The van der Waals surface area contributed by atoms with E-state index in [1.54, 1.807) is 0 Å². The highest BCUT2D eigenvalue weighted by atomic mass is 14.9. The summed E-state index contributed by atoms with van der Waals surface area (Å²) in [7, 11) is 0. The topological polar surface area (TPSA) is 49.6 Å². The van der Waals surface area contributed by atoms with Crippen molar-refractivity contribution >= 4 is 0 Å². The van der Waals surface area contributed by atoms with Crippen molar-refractivity contribution in [3.8, 4) is 73.4 Å². The third-order valence-corrected chi connectivity index (χ3v) is 10.8. The summed E-state index contributed by atoms with van der Waals surface area (Å²) in [5.74, 6) is 0.703. The van der Waals surface area contributed by atoms with Gasteiger partial charge in [0.15, 0.2) is 5.82 Å². The van der Waals surface area contributed by atoms with Gasteiger partial charge in [-0.1, -0.05) is 147 Å². The van der Waals surface area contributed by atoms with Crippen LogP contribution in [0.2, 0.25) is 0 Å². The van der Waals surface area contributed by atoms with Crippen molar-refractivity contribution in [3.05, 3.63) is 168 Å². The number of hydrogen-bond donors (Lipinski definition) is 0. The highest BCUT2D eigenvalue weighted by molar-refractivity contribution is 5.89. The van der Waals surface area contributed by atoms with Crippen LogP contribution in [0.15, 0.2) is 152 Å². The van der Waals surface area contributed by atoms with Gasteiger partial charge < -0.3 is 0 Å². The second-order valence-electron chi connectivity index (χ2n) is 13.6. The van der Waals surface area contributed by atoms with Gasteiger partial charge in [0.05, 0.1) is 23.0 Å². The summed E-state index contributed by atoms with van der Waals surface area (Å²) in [5, 5.41) is 9.79. The molecular formula is C47H35N3. The molecule has 0 radical (unpaired) electrons. The minimum atomic E-state index is -0.0464. The molecule has 6 aromatic carbocycles. The number of benzene rings is 6. The van der Waals surface area contributed by atoms with Gasteiger partial charge in [0.25, 0.3) is 0 Å². The molecule has 0 N–H and O–H groups in total. The lowest BCUT2D eigenvalue weighted by Gasteiger charge is -2.36. The summed E-state index contributed by atoms with van der Waals surface area (Å²) in [6, 6.07) is 55.9. The fourth-order valence-electron chi connectivity index (χ4n) is 8.30. The average Bonchev–Trinajstić information content (AvgIpc) is 3.45. The van der Waals surface area contributed by atoms with E-state index in [0.29, 0.717) is 5.82 Å². The Labute approximate surface area is 293 Å². The molecule has 7 aromatic rings. The van der Waals surface area contributed by atoms with Crippen LogP contribution < -0.4 is 0 Å². The van der Waals surface area contributed by atoms with Crippen LogP contribution in [0.1, 0.15) is 48.8 Å². The summed E-state index contributed by atoms with van der Waals surface area (Å²) in [6.07, 6.45) is 5.91. The van der Waals surface area contributed by atoms with Gasteiger partial charge >= 0.3 is 0 Å². The van der Waals surface area contributed by atoms with Gasteiger partial charge in [0, 0.05) is 22.1 Å². The highest BCUT2D eigenvalue weighted by Gasteiger charge is 2.44. The molecule has 0 aliphatic heterocycles. The summed E-state index contributed by atoms with van der Waals surface area (Å²) in [5.41, 5.74) is 15.6. The molecule has 3 nitrogen and oxygen atoms in total. The Hall–Kier alpha value is -6.11. The summed E-state index contributed by atoms with van der Waals surface area (Å²) in [4.78, 5) is 10.4. The minimum absolute atomic E-state index is 0.0464. The SMILES string of the molecule is N#Cc1ccc2c(c1)C1(CCCCC1)c1cc(-c3ccccc3-c3cc(-c4ccccc4)nc(-c4ccc(-c5ccccc5)cc4)n3)ccc1-2. The molecule has 238 valence electrons. The number of rotatable bonds is 5. The highest BCUT2D eigenvalue weighted by Crippen LogP contribution is 2.56. The summed E-state index contributed by atoms with van der Waals surface area (Å²) >= 11 is 0. The number of hydrogen-bond acceptors (Lipinski definition) is 3. The molecule has 50 heavy (non-hydrogen) atoms. The second-order valence-corrected chi connectivity index (χ2v) is 13.6. The first kappa shape index (κ1) is 30.0. The van der Waals surface area contributed by atoms with Crippen LogP contribution in [0, 0.1) is 11.3 Å². The third kappa shape index (κ3) is 5.13. The van der Waals surface area contributed by atoms with Crippen LogP contribution in [0.4, 0.5) is 0 Å². The van der Waals surface area contributed by atoms with E-state index in [0.717, 1.165) is 57.6 Å². The summed E-state index contributed by atoms with van der Waals surface area (Å²) in [6.45, 7) is 0. The summed E-state index contributed by atoms with van der Waals surface area (Å²) < 4.78 is 0. The monoisotopic (exact) mass is 641 g/mol. The standard InChI is InChI=1S/C47H35N3/c48-31-32-18-24-39-40-25-23-37(29-43(40)47(42(39)28-32)26-10-3-11-27-47)38-16-8-9-17-41(38)45-30-44(35-14-6-2-7-15-35)49-46(50-45)36-21-19-34(20-22-36)33-12-4-1-5-13-33/h1-2,4-9,12-25,28-30H,3,10-11,26-27H2. The molecule has 0 amide bonds. The van der Waals surface area contributed by atoms with Gasteiger partial charge in [-0.2, -0.15) is 5.26 Å². The van der Waals surface area contributed by atoms with Gasteiger partial charge in [-0.05, 0) is 81.6 Å². The zero-order valence-corrected chi connectivity index (χ0v) is 27.8. The number of nitrogens with zero attached hydrogens (tertiary/aromatic N) is 3. The molecule has 2 aliphatic rings. The predicted octanol–water partition coefficient (Wildman–Crippen LogP) is 11.9. The van der Waals surface area contributed by atoms with E-state index in [1.807, 2.05) is 18.2 Å². The first-order valence-electron chi connectivity index (χ1n) is 17.6. The van der Waals surface area contributed by atoms with E-state index in [1.165, 1.54) is 52.6 Å². The van der Waals surface area contributed by atoms with Crippen molar-refractivity contribution in [2.45, 2.75) is 37.5 Å². The lowest BCUT2D eigenvalue weighted by atomic mass is 9.67. The normalized spacial score (nSPS) is 14.1. The van der Waals surface area contributed by atoms with E-state index in [2.05, 4.69) is 140 Å². The average molecular weight is 642 g/mol. The molecule has 1 heterocycles. The van der Waals surface area contributed by atoms with E-state index in [9.17, 15) is 5.26 Å². The van der Waals surface area contributed by atoms with Crippen LogP contribution in [0.25, 0.3) is 67.3 Å². The van der Waals surface area contributed by atoms with Gasteiger partial charge in [0.2, 0.25) is 0 Å². The maximum Gasteiger partial charge on any atom is 0.160 e. The first-order valence-corrected chi connectivity index (χ1v) is 17.6. The largest absolute Gasteiger partial charge is 0.228 e. The zero-order chi connectivity index (χ0) is 33.5. The quantitative estimate of drug-likeness (QED) is 0.188. The van der Waals surface area contributed by atoms with Gasteiger partial charge in [-0.3, -0.25) is 0 Å². The van der Waals surface area contributed by atoms with E-state index < -0.39 is 0 Å². The first-order chi connectivity index (χ1) is 24.7. The Morgan fingerprint density at radius 3 is 1.72 bits per heavy atom. The number of nitriles is 1. The zero-order valence-electron chi connectivity index (χ0n) is 27.8. The van der Waals surface area contributed by atoms with Crippen LogP contribution in [-0.2, 0) is 5.41 Å². The van der Waals surface area contributed by atoms with Crippen molar-refractivity contribution in [2.75, 3.05) is 0 Å². The Balaban J connectivity index is 1.18. The van der Waals surface area contributed by atoms with Crippen LogP contribution in [0.3, 0.4) is 0 Å². The van der Waals surface area contributed by atoms with Crippen LogP contribution >= 0.6 is 0 Å². The van der Waals surface area contributed by atoms with Gasteiger partial charge in [-0.25, -0.2) is 9.97 Å². The van der Waals surface area contributed by atoms with Crippen molar-refractivity contribution in [1.82, 2.24) is 9.97 Å². The minimum Gasteiger partial charge on any atom is -0.228 e. The second kappa shape index (κ2) is 12.4. The Bertz CT molecular complexity index is 2400. The predicted molar refractivity (Wildman–Crippen MR) is 203 cm³/mol. The van der Waals surface area contributed by atoms with Gasteiger partial charge in [-0.15, -0.1) is 0 Å². The maximum absolute atomic E-state index is 9.79. The molecule has 1 aromatic heterocycles. The Morgan fingerprint density at radius 2 is 1.00 bits per heavy atom. The Morgan fingerprint density at radius 1 is 0.440 bits per heavy atom. The molecule has 0 saturated heterocycles. The van der Waals surface area contributed by atoms with E-state index in [-0.39, 0.29) is 5.41 Å². The maximum atomic E-state index is 9.79. The molecule has 1 fully saturated rings. The third-order valence-electron chi connectivity index (χ3n) is 10.8. The molecule has 2 aliphatic carbocycles. The fourth-order valence-corrected chi connectivity index (χ4v) is 8.30. The van der Waals surface area contributed by atoms with Crippen molar-refractivity contribution in [3.63, 3.8) is 0 Å². The lowest BCUT2D eigenvalue weighted by Crippen LogP contribution is -2.28. The molecule has 9 rings (SSSR count). The number of fused-ring (bicyclic) bond motifs is 5. The van der Waals surface area contributed by atoms with E-state index in [4.69, 9.17) is 9.97 Å². The smallest absolute Gasteiger partial charge is 0.160 e. The van der Waals surface area contributed by atoms with Gasteiger partial charge in [0.1, 0.15) is 0 Å². The van der Waals surface area contributed by atoms with Crippen LogP contribution in [-0.4, -0.2) is 9.97 Å². The number of aromatic nitrogens is 2.